The molecule has 128 valence electrons. The lowest BCUT2D eigenvalue weighted by Crippen LogP contribution is -2.44. The maximum Gasteiger partial charge on any atom is 0.304 e. The third kappa shape index (κ3) is 5.04. The van der Waals surface area contributed by atoms with Crippen molar-refractivity contribution in [3.63, 3.8) is 0 Å². The van der Waals surface area contributed by atoms with Gasteiger partial charge in [0.1, 0.15) is 0 Å². The smallest absolute Gasteiger partial charge is 0.304 e. The molecule has 0 aliphatic carbocycles. The molecule has 0 spiro atoms. The van der Waals surface area contributed by atoms with E-state index in [0.29, 0.717) is 31.8 Å². The van der Waals surface area contributed by atoms with Crippen LogP contribution in [0.3, 0.4) is 0 Å². The van der Waals surface area contributed by atoms with Crippen molar-refractivity contribution in [3.05, 3.63) is 35.9 Å². The number of rotatable bonds is 7. The van der Waals surface area contributed by atoms with Crippen LogP contribution in [0.4, 0.5) is 0 Å². The third-order valence-corrected chi connectivity index (χ3v) is 6.85. The molecule has 1 saturated heterocycles. The molecule has 1 aromatic rings. The molecule has 1 aliphatic rings. The quantitative estimate of drug-likeness (QED) is 0.828. The van der Waals surface area contributed by atoms with Crippen molar-refractivity contribution >= 4 is 16.0 Å². The largest absolute Gasteiger partial charge is 0.481 e. The Hall–Kier alpha value is -1.40. The van der Waals surface area contributed by atoms with Gasteiger partial charge in [-0.1, -0.05) is 37.3 Å². The second kappa shape index (κ2) is 7.93. The molecule has 5 nitrogen and oxygen atoms in total. The van der Waals surface area contributed by atoms with Gasteiger partial charge in [-0.3, -0.25) is 4.79 Å². The molecule has 2 rings (SSSR count). The first kappa shape index (κ1) is 17.9. The highest BCUT2D eigenvalue weighted by atomic mass is 32.2. The number of carbonyl (C=O) groups is 1. The highest BCUT2D eigenvalue weighted by molar-refractivity contribution is 7.89. The molecule has 1 heterocycles. The summed E-state index contributed by atoms with van der Waals surface area (Å²) in [6.45, 7) is 3.13. The molecule has 1 N–H and O–H groups in total. The van der Waals surface area contributed by atoms with E-state index < -0.39 is 21.2 Å². The van der Waals surface area contributed by atoms with Crippen molar-refractivity contribution in [1.29, 1.82) is 0 Å². The molecule has 1 aliphatic heterocycles. The van der Waals surface area contributed by atoms with Gasteiger partial charge in [0.15, 0.2) is 0 Å². The Morgan fingerprint density at radius 2 is 1.87 bits per heavy atom. The molecule has 1 atom stereocenters. The number of carboxylic acid groups (broad SMARTS) is 1. The standard InChI is InChI=1S/C17H25NO4S/c1-14-9-11-18(12-10-14)23(21,22)16(13-17(19)20)8-7-15-5-3-2-4-6-15/h2-6,14,16H,7-13H2,1H3,(H,19,20). The topological polar surface area (TPSA) is 74.7 Å². The molecule has 1 fully saturated rings. The first-order valence-corrected chi connectivity index (χ1v) is 9.64. The van der Waals surface area contributed by atoms with Crippen LogP contribution in [0.15, 0.2) is 30.3 Å². The van der Waals surface area contributed by atoms with Gasteiger partial charge in [0.25, 0.3) is 0 Å². The van der Waals surface area contributed by atoms with Crippen molar-refractivity contribution in [1.82, 2.24) is 4.31 Å². The Kier molecular flexibility index (Phi) is 6.18. The van der Waals surface area contributed by atoms with E-state index in [1.807, 2.05) is 30.3 Å². The zero-order valence-corrected chi connectivity index (χ0v) is 14.3. The fraction of sp³-hybridized carbons (Fsp3) is 0.588. The minimum absolute atomic E-state index is 0.332. The van der Waals surface area contributed by atoms with Crippen LogP contribution in [0.1, 0.15) is 38.2 Å². The van der Waals surface area contributed by atoms with Crippen molar-refractivity contribution in [2.75, 3.05) is 13.1 Å². The monoisotopic (exact) mass is 339 g/mol. The first-order valence-electron chi connectivity index (χ1n) is 8.14. The SMILES string of the molecule is CC1CCN(S(=O)(=O)C(CCc2ccccc2)CC(=O)O)CC1. The zero-order chi connectivity index (χ0) is 16.9. The Labute approximate surface area is 138 Å². The molecule has 0 amide bonds. The summed E-state index contributed by atoms with van der Waals surface area (Å²) in [6, 6.07) is 9.59. The van der Waals surface area contributed by atoms with E-state index in [2.05, 4.69) is 6.92 Å². The van der Waals surface area contributed by atoms with Gasteiger partial charge < -0.3 is 5.11 Å². The van der Waals surface area contributed by atoms with Gasteiger partial charge in [0.05, 0.1) is 11.7 Å². The maximum absolute atomic E-state index is 12.8. The van der Waals surface area contributed by atoms with Crippen LogP contribution in [0.2, 0.25) is 0 Å². The first-order chi connectivity index (χ1) is 10.9. The number of sulfonamides is 1. The van der Waals surface area contributed by atoms with Gasteiger partial charge in [0.2, 0.25) is 10.0 Å². The molecule has 1 unspecified atom stereocenters. The van der Waals surface area contributed by atoms with Gasteiger partial charge in [-0.2, -0.15) is 0 Å². The Morgan fingerprint density at radius 1 is 1.26 bits per heavy atom. The lowest BCUT2D eigenvalue weighted by atomic mass is 10.0. The number of nitrogens with zero attached hydrogens (tertiary/aromatic N) is 1. The summed E-state index contributed by atoms with van der Waals surface area (Å²) in [7, 11) is -3.56. The van der Waals surface area contributed by atoms with Gasteiger partial charge in [0, 0.05) is 13.1 Å². The van der Waals surface area contributed by atoms with Crippen molar-refractivity contribution in [2.24, 2.45) is 5.92 Å². The summed E-state index contributed by atoms with van der Waals surface area (Å²) < 4.78 is 27.1. The number of piperidine rings is 1. The van der Waals surface area contributed by atoms with Crippen LogP contribution in [0, 0.1) is 5.92 Å². The number of hydrogen-bond acceptors (Lipinski definition) is 3. The summed E-state index contributed by atoms with van der Waals surface area (Å²) in [5.41, 5.74) is 1.03. The number of carboxylic acids is 1. The van der Waals surface area contributed by atoms with E-state index in [1.165, 1.54) is 4.31 Å². The van der Waals surface area contributed by atoms with Gasteiger partial charge in [-0.15, -0.1) is 0 Å². The van der Waals surface area contributed by atoms with E-state index in [9.17, 15) is 13.2 Å². The van der Waals surface area contributed by atoms with E-state index in [-0.39, 0.29) is 6.42 Å². The normalized spacial score (nSPS) is 18.7. The zero-order valence-electron chi connectivity index (χ0n) is 13.5. The molecule has 0 aromatic heterocycles. The number of benzene rings is 1. The van der Waals surface area contributed by atoms with Crippen molar-refractivity contribution in [2.45, 2.75) is 44.3 Å². The molecule has 23 heavy (non-hydrogen) atoms. The summed E-state index contributed by atoms with van der Waals surface area (Å²) in [5, 5.41) is 8.25. The van der Waals surface area contributed by atoms with Crippen LogP contribution in [-0.2, 0) is 21.2 Å². The van der Waals surface area contributed by atoms with Crippen LogP contribution in [-0.4, -0.2) is 42.1 Å². The predicted molar refractivity (Wildman–Crippen MR) is 89.7 cm³/mol. The average Bonchev–Trinajstić information content (AvgIpc) is 2.52. The Balaban J connectivity index is 2.08. The van der Waals surface area contributed by atoms with Crippen LogP contribution in [0.25, 0.3) is 0 Å². The summed E-state index contributed by atoms with van der Waals surface area (Å²) in [6.07, 6.45) is 2.27. The summed E-state index contributed by atoms with van der Waals surface area (Å²) in [4.78, 5) is 11.1. The molecule has 0 saturated carbocycles. The molecular formula is C17H25NO4S. The number of aliphatic carboxylic acids is 1. The lowest BCUT2D eigenvalue weighted by Gasteiger charge is -2.32. The summed E-state index contributed by atoms with van der Waals surface area (Å²) >= 11 is 0. The lowest BCUT2D eigenvalue weighted by molar-refractivity contribution is -0.137. The summed E-state index contributed by atoms with van der Waals surface area (Å²) in [5.74, 6) is -0.527. The maximum atomic E-state index is 12.8. The van der Waals surface area contributed by atoms with Crippen LogP contribution in [0.5, 0.6) is 0 Å². The van der Waals surface area contributed by atoms with Gasteiger partial charge >= 0.3 is 5.97 Å². The van der Waals surface area contributed by atoms with E-state index in [4.69, 9.17) is 5.11 Å². The van der Waals surface area contributed by atoms with Crippen molar-refractivity contribution < 1.29 is 18.3 Å². The van der Waals surface area contributed by atoms with Crippen LogP contribution >= 0.6 is 0 Å². The van der Waals surface area contributed by atoms with Crippen LogP contribution < -0.4 is 0 Å². The van der Waals surface area contributed by atoms with Crippen molar-refractivity contribution in [3.8, 4) is 0 Å². The second-order valence-electron chi connectivity index (χ2n) is 6.37. The van der Waals surface area contributed by atoms with E-state index in [0.717, 1.165) is 18.4 Å². The predicted octanol–water partition coefficient (Wildman–Crippen LogP) is 2.52. The minimum atomic E-state index is -3.56. The fourth-order valence-electron chi connectivity index (χ4n) is 2.97. The molecular weight excluding hydrogens is 314 g/mol. The van der Waals surface area contributed by atoms with Gasteiger partial charge in [-0.05, 0) is 37.2 Å². The molecule has 0 radical (unpaired) electrons. The Bertz CT molecular complexity index is 607. The molecule has 6 heteroatoms. The van der Waals surface area contributed by atoms with Gasteiger partial charge in [-0.25, -0.2) is 12.7 Å². The van der Waals surface area contributed by atoms with E-state index in [1.54, 1.807) is 0 Å². The second-order valence-corrected chi connectivity index (χ2v) is 8.58. The molecule has 0 bridgehead atoms. The number of aryl methyl sites for hydroxylation is 1. The average molecular weight is 339 g/mol. The Morgan fingerprint density at radius 3 is 2.43 bits per heavy atom. The van der Waals surface area contributed by atoms with E-state index >= 15 is 0 Å². The third-order valence-electron chi connectivity index (χ3n) is 4.52. The minimum Gasteiger partial charge on any atom is -0.481 e. The fourth-order valence-corrected chi connectivity index (χ4v) is 4.88. The molecule has 1 aromatic carbocycles. The highest BCUT2D eigenvalue weighted by Gasteiger charge is 2.35. The number of hydrogen-bond donors (Lipinski definition) is 1. The highest BCUT2D eigenvalue weighted by Crippen LogP contribution is 2.24.